The molecule has 0 atom stereocenters. The molecule has 0 aliphatic carbocycles. The molecule has 2 aromatic rings. The monoisotopic (exact) mass is 257 g/mol. The van der Waals surface area contributed by atoms with Gasteiger partial charge in [0.1, 0.15) is 5.01 Å². The number of hydrogen-bond acceptors (Lipinski definition) is 2. The molecule has 0 unspecified atom stereocenters. The third-order valence-corrected chi connectivity index (χ3v) is 3.58. The second kappa shape index (κ2) is 4.14. The van der Waals surface area contributed by atoms with E-state index in [-0.39, 0.29) is 0 Å². The van der Waals surface area contributed by atoms with E-state index in [1.807, 2.05) is 6.92 Å². The summed E-state index contributed by atoms with van der Waals surface area (Å²) in [7, 11) is 0. The van der Waals surface area contributed by atoms with Gasteiger partial charge in [0.25, 0.3) is 0 Å². The van der Waals surface area contributed by atoms with Gasteiger partial charge in [-0.25, -0.2) is 4.98 Å². The summed E-state index contributed by atoms with van der Waals surface area (Å²) in [6.07, 6.45) is -3.58. The second-order valence-electron chi connectivity index (χ2n) is 3.66. The van der Waals surface area contributed by atoms with E-state index < -0.39 is 11.7 Å². The van der Waals surface area contributed by atoms with Gasteiger partial charge >= 0.3 is 6.18 Å². The van der Waals surface area contributed by atoms with Crippen molar-refractivity contribution in [1.82, 2.24) is 4.98 Å². The lowest BCUT2D eigenvalue weighted by Gasteiger charge is -2.04. The molecule has 0 N–H and O–H groups in total. The molecule has 0 radical (unpaired) electrons. The van der Waals surface area contributed by atoms with E-state index in [1.54, 1.807) is 0 Å². The SMILES string of the molecule is C=C(CC)c1nc2cc(C(F)(F)F)ccc2s1. The van der Waals surface area contributed by atoms with Crippen LogP contribution in [0.5, 0.6) is 0 Å². The Bertz CT molecular complexity index is 569. The van der Waals surface area contributed by atoms with E-state index in [0.29, 0.717) is 10.5 Å². The molecule has 0 aliphatic heterocycles. The fraction of sp³-hybridized carbons (Fsp3) is 0.250. The van der Waals surface area contributed by atoms with Crippen LogP contribution < -0.4 is 0 Å². The van der Waals surface area contributed by atoms with Crippen molar-refractivity contribution in [2.75, 3.05) is 0 Å². The predicted molar refractivity (Wildman–Crippen MR) is 63.9 cm³/mol. The number of hydrogen-bond donors (Lipinski definition) is 0. The van der Waals surface area contributed by atoms with Crippen molar-refractivity contribution in [3.63, 3.8) is 0 Å². The molecule has 0 spiro atoms. The molecule has 2 rings (SSSR count). The van der Waals surface area contributed by atoms with Gasteiger partial charge in [-0.15, -0.1) is 11.3 Å². The van der Waals surface area contributed by atoms with Crippen LogP contribution in [0.15, 0.2) is 24.8 Å². The zero-order valence-corrected chi connectivity index (χ0v) is 9.95. The van der Waals surface area contributed by atoms with Gasteiger partial charge in [0.15, 0.2) is 0 Å². The number of rotatable bonds is 2. The van der Waals surface area contributed by atoms with Crippen LogP contribution in [-0.2, 0) is 6.18 Å². The van der Waals surface area contributed by atoms with Gasteiger partial charge in [0.2, 0.25) is 0 Å². The van der Waals surface area contributed by atoms with Crippen molar-refractivity contribution in [2.45, 2.75) is 19.5 Å². The van der Waals surface area contributed by atoms with Gasteiger partial charge < -0.3 is 0 Å². The van der Waals surface area contributed by atoms with Gasteiger partial charge in [-0.1, -0.05) is 13.5 Å². The Morgan fingerprint density at radius 1 is 1.41 bits per heavy atom. The van der Waals surface area contributed by atoms with Crippen molar-refractivity contribution in [1.29, 1.82) is 0 Å². The highest BCUT2D eigenvalue weighted by Gasteiger charge is 2.30. The maximum absolute atomic E-state index is 12.5. The van der Waals surface area contributed by atoms with E-state index in [4.69, 9.17) is 0 Å². The maximum Gasteiger partial charge on any atom is 0.416 e. The van der Waals surface area contributed by atoms with Gasteiger partial charge in [0, 0.05) is 0 Å². The van der Waals surface area contributed by atoms with Crippen molar-refractivity contribution in [3.05, 3.63) is 35.3 Å². The molecule has 1 aromatic heterocycles. The maximum atomic E-state index is 12.5. The number of halogens is 3. The van der Waals surface area contributed by atoms with Crippen LogP contribution in [-0.4, -0.2) is 4.98 Å². The average Bonchev–Trinajstić information content (AvgIpc) is 2.69. The standard InChI is InChI=1S/C12H10F3NS/c1-3-7(2)11-16-9-6-8(12(13,14)15)4-5-10(9)17-11/h4-6H,2-3H2,1H3. The summed E-state index contributed by atoms with van der Waals surface area (Å²) in [6, 6.07) is 3.62. The zero-order valence-electron chi connectivity index (χ0n) is 9.14. The average molecular weight is 257 g/mol. The highest BCUT2D eigenvalue weighted by Crippen LogP contribution is 2.34. The summed E-state index contributed by atoms with van der Waals surface area (Å²) in [5, 5.41) is 0.710. The first-order chi connectivity index (χ1) is 7.91. The first kappa shape index (κ1) is 12.1. The lowest BCUT2D eigenvalue weighted by Crippen LogP contribution is -2.03. The summed E-state index contributed by atoms with van der Waals surface area (Å²) in [5.41, 5.74) is 0.568. The fourth-order valence-electron chi connectivity index (χ4n) is 1.41. The lowest BCUT2D eigenvalue weighted by atomic mass is 10.2. The summed E-state index contributed by atoms with van der Waals surface area (Å²) in [6.45, 7) is 5.78. The van der Waals surface area contributed by atoms with Crippen molar-refractivity contribution in [3.8, 4) is 0 Å². The van der Waals surface area contributed by atoms with E-state index >= 15 is 0 Å². The molecular formula is C12H10F3NS. The number of allylic oxidation sites excluding steroid dienone is 1. The van der Waals surface area contributed by atoms with Crippen LogP contribution in [0.2, 0.25) is 0 Å². The smallest absolute Gasteiger partial charge is 0.236 e. The van der Waals surface area contributed by atoms with Crippen LogP contribution in [0.4, 0.5) is 13.2 Å². The first-order valence-electron chi connectivity index (χ1n) is 5.07. The highest BCUT2D eigenvalue weighted by atomic mass is 32.1. The molecule has 0 amide bonds. The summed E-state index contributed by atoms with van der Waals surface area (Å²) >= 11 is 1.37. The van der Waals surface area contributed by atoms with E-state index in [9.17, 15) is 13.2 Å². The van der Waals surface area contributed by atoms with Crippen LogP contribution in [0.3, 0.4) is 0 Å². The third kappa shape index (κ3) is 2.34. The summed E-state index contributed by atoms with van der Waals surface area (Å²) in [4.78, 5) is 4.18. The Morgan fingerprint density at radius 3 is 2.71 bits per heavy atom. The number of alkyl halides is 3. The highest BCUT2D eigenvalue weighted by molar-refractivity contribution is 7.19. The Morgan fingerprint density at radius 2 is 2.12 bits per heavy atom. The minimum Gasteiger partial charge on any atom is -0.236 e. The topological polar surface area (TPSA) is 12.9 Å². The van der Waals surface area contributed by atoms with Gasteiger partial charge in [-0.2, -0.15) is 13.2 Å². The lowest BCUT2D eigenvalue weighted by molar-refractivity contribution is -0.137. The number of nitrogens with zero attached hydrogens (tertiary/aromatic N) is 1. The number of thiazole rings is 1. The quantitative estimate of drug-likeness (QED) is 0.757. The van der Waals surface area contributed by atoms with Crippen LogP contribution >= 0.6 is 11.3 Å². The summed E-state index contributed by atoms with van der Waals surface area (Å²) < 4.78 is 38.3. The predicted octanol–water partition coefficient (Wildman–Crippen LogP) is 4.74. The van der Waals surface area contributed by atoms with E-state index in [0.717, 1.165) is 28.8 Å². The normalized spacial score (nSPS) is 12.0. The molecular weight excluding hydrogens is 247 g/mol. The molecule has 5 heteroatoms. The molecule has 90 valence electrons. The number of benzene rings is 1. The minimum atomic E-state index is -4.32. The number of aromatic nitrogens is 1. The van der Waals surface area contributed by atoms with E-state index in [1.165, 1.54) is 17.4 Å². The molecule has 0 aliphatic rings. The van der Waals surface area contributed by atoms with Crippen molar-refractivity contribution in [2.24, 2.45) is 0 Å². The molecule has 0 fully saturated rings. The molecule has 17 heavy (non-hydrogen) atoms. The number of fused-ring (bicyclic) bond motifs is 1. The summed E-state index contributed by atoms with van der Waals surface area (Å²) in [5.74, 6) is 0. The third-order valence-electron chi connectivity index (χ3n) is 2.44. The molecule has 0 bridgehead atoms. The van der Waals surface area contributed by atoms with Gasteiger partial charge in [0.05, 0.1) is 15.8 Å². The molecule has 1 nitrogen and oxygen atoms in total. The molecule has 0 saturated heterocycles. The zero-order chi connectivity index (χ0) is 12.6. The van der Waals surface area contributed by atoms with Gasteiger partial charge in [-0.05, 0) is 30.2 Å². The van der Waals surface area contributed by atoms with E-state index in [2.05, 4.69) is 11.6 Å². The minimum absolute atomic E-state index is 0.384. The Kier molecular flexibility index (Phi) is 2.95. The van der Waals surface area contributed by atoms with Crippen molar-refractivity contribution < 1.29 is 13.2 Å². The molecule has 0 saturated carbocycles. The fourth-order valence-corrected chi connectivity index (χ4v) is 2.39. The van der Waals surface area contributed by atoms with Crippen molar-refractivity contribution >= 4 is 27.1 Å². The Hall–Kier alpha value is -1.36. The first-order valence-corrected chi connectivity index (χ1v) is 5.89. The Balaban J connectivity index is 2.52. The van der Waals surface area contributed by atoms with Crippen LogP contribution in [0.1, 0.15) is 23.9 Å². The molecule has 1 aromatic carbocycles. The largest absolute Gasteiger partial charge is 0.416 e. The van der Waals surface area contributed by atoms with Crippen LogP contribution in [0, 0.1) is 0 Å². The Labute approximate surface area is 101 Å². The van der Waals surface area contributed by atoms with Gasteiger partial charge in [-0.3, -0.25) is 0 Å². The molecule has 1 heterocycles. The van der Waals surface area contributed by atoms with Crippen LogP contribution in [0.25, 0.3) is 15.8 Å². The second-order valence-corrected chi connectivity index (χ2v) is 4.69.